The van der Waals surface area contributed by atoms with E-state index in [4.69, 9.17) is 15.9 Å². The summed E-state index contributed by atoms with van der Waals surface area (Å²) in [4.78, 5) is 7.39. The molecule has 26 heavy (non-hydrogen) atoms. The molecule has 1 fully saturated rings. The van der Waals surface area contributed by atoms with Crippen LogP contribution in [0.1, 0.15) is 12.0 Å². The molecule has 0 amide bonds. The second-order valence-corrected chi connectivity index (χ2v) is 6.23. The number of benzene rings is 2. The highest BCUT2D eigenvalue weighted by Crippen LogP contribution is 2.37. The minimum atomic E-state index is -0.602. The van der Waals surface area contributed by atoms with Crippen molar-refractivity contribution in [3.05, 3.63) is 41.7 Å². The van der Waals surface area contributed by atoms with Crippen molar-refractivity contribution in [2.24, 2.45) is 5.73 Å². The van der Waals surface area contributed by atoms with E-state index in [1.54, 1.807) is 18.2 Å². The molecule has 1 saturated heterocycles. The quantitative estimate of drug-likeness (QED) is 0.363. The average molecular weight is 355 g/mol. The number of nitrogen functional groups attached to an aromatic ring is 1. The highest BCUT2D eigenvalue weighted by Gasteiger charge is 2.20. The molecule has 1 aromatic heterocycles. The molecule has 0 aliphatic carbocycles. The Morgan fingerprint density at radius 1 is 1.38 bits per heavy atom. The van der Waals surface area contributed by atoms with Gasteiger partial charge in [0.2, 0.25) is 0 Å². The van der Waals surface area contributed by atoms with E-state index < -0.39 is 5.82 Å². The molecule has 2 heterocycles. The Kier molecular flexibility index (Phi) is 3.96. The molecular formula is C18H18FN5O2. The molecule has 1 atom stereocenters. The number of fused-ring (bicyclic) bond motifs is 1. The van der Waals surface area contributed by atoms with E-state index >= 15 is 0 Å². The van der Waals surface area contributed by atoms with Crippen LogP contribution in [0.2, 0.25) is 0 Å². The number of aromatic amines is 1. The Hall–Kier alpha value is -3.13. The number of nitrogens with two attached hydrogens (primary N) is 1. The fourth-order valence-corrected chi connectivity index (χ4v) is 3.08. The number of imidazole rings is 1. The van der Waals surface area contributed by atoms with E-state index in [0.29, 0.717) is 28.2 Å². The van der Waals surface area contributed by atoms with E-state index in [0.717, 1.165) is 19.5 Å². The number of phenolic OH excluding ortho intramolecular Hbond substituents is 1. The van der Waals surface area contributed by atoms with Crippen LogP contribution in [0.3, 0.4) is 0 Å². The van der Waals surface area contributed by atoms with Crippen LogP contribution in [0.15, 0.2) is 30.3 Å². The third-order valence-corrected chi connectivity index (χ3v) is 4.42. The van der Waals surface area contributed by atoms with Gasteiger partial charge >= 0.3 is 0 Å². The maximum Gasteiger partial charge on any atom is 0.168 e. The number of hydrogen-bond acceptors (Lipinski definition) is 5. The van der Waals surface area contributed by atoms with E-state index in [1.165, 1.54) is 12.1 Å². The number of H-pyrrole nitrogens is 1. The number of nitrogens with one attached hydrogen (secondary N) is 3. The van der Waals surface area contributed by atoms with E-state index in [2.05, 4.69) is 15.3 Å². The number of rotatable bonds is 4. The molecule has 2 aromatic carbocycles. The maximum atomic E-state index is 14.0. The molecule has 8 heteroatoms. The number of nitrogens with zero attached hydrogens (tertiary/aromatic N) is 1. The smallest absolute Gasteiger partial charge is 0.168 e. The molecule has 6 N–H and O–H groups in total. The van der Waals surface area contributed by atoms with Crippen LogP contribution in [0.4, 0.5) is 4.39 Å². The van der Waals surface area contributed by atoms with Crippen molar-refractivity contribution in [1.29, 1.82) is 5.41 Å². The number of hydrogen-bond donors (Lipinski definition) is 5. The van der Waals surface area contributed by atoms with Crippen LogP contribution in [0.5, 0.6) is 11.5 Å². The van der Waals surface area contributed by atoms with E-state index in [-0.39, 0.29) is 23.3 Å². The Bertz CT molecular complexity index is 995. The monoisotopic (exact) mass is 355 g/mol. The van der Waals surface area contributed by atoms with Crippen LogP contribution in [-0.2, 0) is 0 Å². The van der Waals surface area contributed by atoms with Crippen molar-refractivity contribution in [3.63, 3.8) is 0 Å². The molecule has 1 unspecified atom stereocenters. The summed E-state index contributed by atoms with van der Waals surface area (Å²) in [6, 6.07) is 7.82. The summed E-state index contributed by atoms with van der Waals surface area (Å²) in [5, 5.41) is 21.2. The summed E-state index contributed by atoms with van der Waals surface area (Å²) in [6.45, 7) is 1.63. The zero-order valence-electron chi connectivity index (χ0n) is 13.8. The Morgan fingerprint density at radius 2 is 2.23 bits per heavy atom. The lowest BCUT2D eigenvalue weighted by Crippen LogP contribution is -2.19. The van der Waals surface area contributed by atoms with Gasteiger partial charge in [-0.1, -0.05) is 6.07 Å². The molecule has 1 aliphatic heterocycles. The predicted molar refractivity (Wildman–Crippen MR) is 96.1 cm³/mol. The highest BCUT2D eigenvalue weighted by molar-refractivity contribution is 5.98. The second kappa shape index (κ2) is 6.30. The molecule has 0 bridgehead atoms. The lowest BCUT2D eigenvalue weighted by molar-refractivity contribution is 0.214. The number of phenols is 1. The van der Waals surface area contributed by atoms with Gasteiger partial charge in [-0.3, -0.25) is 5.41 Å². The summed E-state index contributed by atoms with van der Waals surface area (Å²) in [5.41, 5.74) is 6.74. The van der Waals surface area contributed by atoms with Crippen LogP contribution in [0.25, 0.3) is 22.4 Å². The summed E-state index contributed by atoms with van der Waals surface area (Å²) in [5.74, 6) is -0.224. The fraction of sp³-hybridized carbons (Fsp3) is 0.222. The molecule has 1 aliphatic rings. The zero-order valence-corrected chi connectivity index (χ0v) is 13.8. The number of aromatic hydroxyl groups is 1. The van der Waals surface area contributed by atoms with Crippen LogP contribution >= 0.6 is 0 Å². The van der Waals surface area contributed by atoms with Gasteiger partial charge in [0.25, 0.3) is 0 Å². The number of halogens is 1. The summed E-state index contributed by atoms with van der Waals surface area (Å²) in [7, 11) is 0. The lowest BCUT2D eigenvalue weighted by Gasteiger charge is -2.14. The number of aromatic nitrogens is 2. The number of para-hydroxylation sites is 1. The molecule has 4 rings (SSSR count). The van der Waals surface area contributed by atoms with E-state index in [9.17, 15) is 9.50 Å². The lowest BCUT2D eigenvalue weighted by atomic mass is 10.1. The highest BCUT2D eigenvalue weighted by atomic mass is 19.1. The average Bonchev–Trinajstić information content (AvgIpc) is 3.24. The predicted octanol–water partition coefficient (Wildman–Crippen LogP) is 2.10. The zero-order chi connectivity index (χ0) is 18.3. The Labute approximate surface area is 148 Å². The first-order valence-corrected chi connectivity index (χ1v) is 8.26. The van der Waals surface area contributed by atoms with Gasteiger partial charge in [-0.2, -0.15) is 0 Å². The van der Waals surface area contributed by atoms with Crippen LogP contribution in [-0.4, -0.2) is 40.1 Å². The van der Waals surface area contributed by atoms with Crippen molar-refractivity contribution in [1.82, 2.24) is 15.3 Å². The van der Waals surface area contributed by atoms with E-state index in [1.807, 2.05) is 0 Å². The minimum Gasteiger partial charge on any atom is -0.504 e. The van der Waals surface area contributed by atoms with Gasteiger partial charge in [0.15, 0.2) is 11.5 Å². The Balaban J connectivity index is 1.74. The Morgan fingerprint density at radius 3 is 2.96 bits per heavy atom. The molecule has 0 radical (unpaired) electrons. The number of ether oxygens (including phenoxy) is 1. The van der Waals surface area contributed by atoms with Crippen molar-refractivity contribution >= 4 is 16.9 Å². The van der Waals surface area contributed by atoms with Crippen molar-refractivity contribution in [2.75, 3.05) is 13.1 Å². The van der Waals surface area contributed by atoms with Crippen molar-refractivity contribution < 1.29 is 14.2 Å². The van der Waals surface area contributed by atoms with Crippen molar-refractivity contribution in [3.8, 4) is 22.9 Å². The van der Waals surface area contributed by atoms with Gasteiger partial charge in [0, 0.05) is 12.6 Å². The van der Waals surface area contributed by atoms with Gasteiger partial charge in [0.1, 0.15) is 23.6 Å². The molecule has 134 valence electrons. The molecule has 7 nitrogen and oxygen atoms in total. The summed E-state index contributed by atoms with van der Waals surface area (Å²) < 4.78 is 19.9. The SMILES string of the molecule is N=C(N)c1cc2nc(-c3cccc(OC4CCNC4)c3O)[nH]c2cc1F. The van der Waals surface area contributed by atoms with Gasteiger partial charge < -0.3 is 25.9 Å². The fourth-order valence-electron chi connectivity index (χ4n) is 3.08. The minimum absolute atomic E-state index is 0.00871. The first-order chi connectivity index (χ1) is 12.5. The van der Waals surface area contributed by atoms with Crippen molar-refractivity contribution in [2.45, 2.75) is 12.5 Å². The van der Waals surface area contributed by atoms with Crippen LogP contribution < -0.4 is 15.8 Å². The maximum absolute atomic E-state index is 14.0. The van der Waals surface area contributed by atoms with Gasteiger partial charge in [-0.15, -0.1) is 0 Å². The largest absolute Gasteiger partial charge is 0.504 e. The topological polar surface area (TPSA) is 120 Å². The molecular weight excluding hydrogens is 337 g/mol. The summed E-state index contributed by atoms with van der Waals surface area (Å²) in [6.07, 6.45) is 0.889. The standard InChI is InChI=1S/C18H18FN5O2/c19-12-7-14-13(6-11(12)17(20)21)23-18(24-14)10-2-1-3-15(16(10)25)26-9-4-5-22-8-9/h1-3,6-7,9,22,25H,4-5,8H2,(H3,20,21)(H,23,24). The molecule has 0 spiro atoms. The first-order valence-electron chi connectivity index (χ1n) is 8.26. The molecule has 3 aromatic rings. The summed E-state index contributed by atoms with van der Waals surface area (Å²) >= 11 is 0. The van der Waals surface area contributed by atoms with Gasteiger partial charge in [0.05, 0.1) is 22.2 Å². The number of amidine groups is 1. The third kappa shape index (κ3) is 2.84. The second-order valence-electron chi connectivity index (χ2n) is 6.23. The normalized spacial score (nSPS) is 16.9. The third-order valence-electron chi connectivity index (χ3n) is 4.42. The first kappa shape index (κ1) is 16.3. The van der Waals surface area contributed by atoms with Crippen LogP contribution in [0, 0.1) is 11.2 Å². The van der Waals surface area contributed by atoms with Gasteiger partial charge in [-0.25, -0.2) is 9.37 Å². The molecule has 0 saturated carbocycles. The van der Waals surface area contributed by atoms with Gasteiger partial charge in [-0.05, 0) is 31.2 Å².